The SMILES string of the molecule is O=C(O)[C@@H]1CCCN(C2CCN(C(=O)c3c(O)cccc3F)CC2)C1. The smallest absolute Gasteiger partial charge is 0.307 e. The van der Waals surface area contributed by atoms with Gasteiger partial charge in [-0.05, 0) is 44.4 Å². The second-order valence-corrected chi connectivity index (χ2v) is 6.83. The van der Waals surface area contributed by atoms with Crippen LogP contribution < -0.4 is 0 Å². The standard InChI is InChI=1S/C18H23FN2O4/c19-14-4-1-5-15(22)16(14)17(23)20-9-6-13(7-10-20)21-8-2-3-12(11-21)18(24)25/h1,4-5,12-13,22H,2-3,6-11H2,(H,24,25)/t12-/m1/s1. The number of phenols is 1. The van der Waals surface area contributed by atoms with Crippen molar-refractivity contribution in [2.45, 2.75) is 31.7 Å². The molecule has 25 heavy (non-hydrogen) atoms. The lowest BCUT2D eigenvalue weighted by molar-refractivity contribution is -0.144. The molecule has 0 bridgehead atoms. The summed E-state index contributed by atoms with van der Waals surface area (Å²) >= 11 is 0. The third-order valence-corrected chi connectivity index (χ3v) is 5.28. The van der Waals surface area contributed by atoms with Gasteiger partial charge in [-0.1, -0.05) is 6.07 Å². The lowest BCUT2D eigenvalue weighted by Gasteiger charge is -2.41. The summed E-state index contributed by atoms with van der Waals surface area (Å²) in [5.74, 6) is -2.60. The third kappa shape index (κ3) is 3.76. The summed E-state index contributed by atoms with van der Waals surface area (Å²) in [6.45, 7) is 2.40. The zero-order chi connectivity index (χ0) is 18.0. The average Bonchev–Trinajstić information content (AvgIpc) is 2.61. The molecule has 1 amide bonds. The fourth-order valence-corrected chi connectivity index (χ4v) is 3.86. The molecule has 0 radical (unpaired) electrons. The number of carbonyl (C=O) groups excluding carboxylic acids is 1. The highest BCUT2D eigenvalue weighted by Gasteiger charge is 2.33. The van der Waals surface area contributed by atoms with E-state index in [2.05, 4.69) is 4.90 Å². The van der Waals surface area contributed by atoms with Crippen molar-refractivity contribution in [1.29, 1.82) is 0 Å². The number of likely N-dealkylation sites (tertiary alicyclic amines) is 2. The summed E-state index contributed by atoms with van der Waals surface area (Å²) in [5.41, 5.74) is -0.273. The monoisotopic (exact) mass is 350 g/mol. The Balaban J connectivity index is 1.60. The van der Waals surface area contributed by atoms with Crippen LogP contribution in [0.5, 0.6) is 5.75 Å². The molecule has 0 aromatic heterocycles. The summed E-state index contributed by atoms with van der Waals surface area (Å²) < 4.78 is 13.9. The molecule has 6 nitrogen and oxygen atoms in total. The summed E-state index contributed by atoms with van der Waals surface area (Å²) in [4.78, 5) is 27.5. The number of piperidine rings is 2. The minimum Gasteiger partial charge on any atom is -0.507 e. The molecule has 2 aliphatic rings. The van der Waals surface area contributed by atoms with Crippen molar-refractivity contribution in [3.63, 3.8) is 0 Å². The zero-order valence-electron chi connectivity index (χ0n) is 14.0. The van der Waals surface area contributed by atoms with E-state index in [1.165, 1.54) is 18.2 Å². The molecule has 2 aliphatic heterocycles. The van der Waals surface area contributed by atoms with E-state index in [1.807, 2.05) is 0 Å². The highest BCUT2D eigenvalue weighted by Crippen LogP contribution is 2.27. The van der Waals surface area contributed by atoms with E-state index in [1.54, 1.807) is 4.90 Å². The van der Waals surface area contributed by atoms with E-state index in [-0.39, 0.29) is 23.3 Å². The quantitative estimate of drug-likeness (QED) is 0.871. The predicted molar refractivity (Wildman–Crippen MR) is 88.9 cm³/mol. The number of carboxylic acids is 1. The van der Waals surface area contributed by atoms with Gasteiger partial charge in [0.25, 0.3) is 5.91 Å². The number of benzene rings is 1. The Morgan fingerprint density at radius 3 is 2.48 bits per heavy atom. The van der Waals surface area contributed by atoms with Gasteiger partial charge >= 0.3 is 5.97 Å². The Labute approximate surface area is 145 Å². The number of hydrogen-bond acceptors (Lipinski definition) is 4. The van der Waals surface area contributed by atoms with Gasteiger partial charge in [0.2, 0.25) is 0 Å². The fourth-order valence-electron chi connectivity index (χ4n) is 3.86. The van der Waals surface area contributed by atoms with Gasteiger partial charge in [-0.25, -0.2) is 4.39 Å². The van der Waals surface area contributed by atoms with Crippen LogP contribution in [0.15, 0.2) is 18.2 Å². The van der Waals surface area contributed by atoms with E-state index in [4.69, 9.17) is 0 Å². The molecule has 7 heteroatoms. The summed E-state index contributed by atoms with van der Waals surface area (Å²) in [5, 5.41) is 19.0. The first-order valence-electron chi connectivity index (χ1n) is 8.71. The summed E-state index contributed by atoms with van der Waals surface area (Å²) in [6.07, 6.45) is 3.05. The van der Waals surface area contributed by atoms with Crippen molar-refractivity contribution in [3.8, 4) is 5.75 Å². The Hall–Kier alpha value is -2.15. The lowest BCUT2D eigenvalue weighted by atomic mass is 9.94. The van der Waals surface area contributed by atoms with Crippen LogP contribution in [-0.2, 0) is 4.79 Å². The van der Waals surface area contributed by atoms with Crippen LogP contribution in [0.4, 0.5) is 4.39 Å². The molecule has 3 rings (SSSR count). The number of amides is 1. The van der Waals surface area contributed by atoms with E-state index >= 15 is 0 Å². The molecule has 0 saturated carbocycles. The highest BCUT2D eigenvalue weighted by atomic mass is 19.1. The number of hydrogen-bond donors (Lipinski definition) is 2. The number of aromatic hydroxyl groups is 1. The Morgan fingerprint density at radius 2 is 1.84 bits per heavy atom. The van der Waals surface area contributed by atoms with Crippen molar-refractivity contribution in [3.05, 3.63) is 29.6 Å². The van der Waals surface area contributed by atoms with E-state index in [0.717, 1.165) is 32.2 Å². The van der Waals surface area contributed by atoms with Crippen molar-refractivity contribution >= 4 is 11.9 Å². The first kappa shape index (κ1) is 17.7. The molecular formula is C18H23FN2O4. The first-order valence-corrected chi connectivity index (χ1v) is 8.71. The highest BCUT2D eigenvalue weighted by molar-refractivity contribution is 5.97. The van der Waals surface area contributed by atoms with Crippen molar-refractivity contribution < 1.29 is 24.2 Å². The fraction of sp³-hybridized carbons (Fsp3) is 0.556. The average molecular weight is 350 g/mol. The summed E-state index contributed by atoms with van der Waals surface area (Å²) in [6, 6.07) is 4.09. The van der Waals surface area contributed by atoms with Gasteiger partial charge in [0, 0.05) is 25.7 Å². The molecule has 1 aromatic rings. The minimum absolute atomic E-state index is 0.250. The van der Waals surface area contributed by atoms with Gasteiger partial charge in [-0.3, -0.25) is 14.5 Å². The molecule has 1 atom stereocenters. The number of phenolic OH excluding ortho intramolecular Hbond substituents is 1. The van der Waals surface area contributed by atoms with E-state index in [9.17, 15) is 24.2 Å². The Morgan fingerprint density at radius 1 is 1.12 bits per heavy atom. The van der Waals surface area contributed by atoms with Gasteiger partial charge in [-0.2, -0.15) is 0 Å². The predicted octanol–water partition coefficient (Wildman–Crippen LogP) is 1.93. The number of carboxylic acid groups (broad SMARTS) is 1. The maximum absolute atomic E-state index is 13.9. The van der Waals surface area contributed by atoms with Crippen LogP contribution >= 0.6 is 0 Å². The van der Waals surface area contributed by atoms with Crippen molar-refractivity contribution in [2.75, 3.05) is 26.2 Å². The second kappa shape index (κ2) is 7.39. The number of halogens is 1. The molecule has 2 N–H and O–H groups in total. The van der Waals surface area contributed by atoms with E-state index < -0.39 is 17.7 Å². The van der Waals surface area contributed by atoms with Gasteiger partial charge in [0.05, 0.1) is 5.92 Å². The molecule has 2 heterocycles. The molecule has 1 aromatic carbocycles. The van der Waals surface area contributed by atoms with E-state index in [0.29, 0.717) is 19.6 Å². The topological polar surface area (TPSA) is 81.1 Å². The van der Waals surface area contributed by atoms with Gasteiger partial charge in [0.1, 0.15) is 17.1 Å². The molecule has 0 unspecified atom stereocenters. The Bertz CT molecular complexity index is 638. The second-order valence-electron chi connectivity index (χ2n) is 6.83. The van der Waals surface area contributed by atoms with Crippen LogP contribution in [0, 0.1) is 11.7 Å². The van der Waals surface area contributed by atoms with Crippen LogP contribution in [0.1, 0.15) is 36.0 Å². The molecule has 136 valence electrons. The normalized spacial score (nSPS) is 22.8. The number of carbonyl (C=O) groups is 2. The number of aliphatic carboxylic acids is 1. The minimum atomic E-state index is -0.743. The molecule has 2 saturated heterocycles. The molecule has 0 spiro atoms. The molecule has 0 aliphatic carbocycles. The number of rotatable bonds is 3. The molecule has 2 fully saturated rings. The van der Waals surface area contributed by atoms with Crippen molar-refractivity contribution in [2.24, 2.45) is 5.92 Å². The zero-order valence-corrected chi connectivity index (χ0v) is 14.0. The van der Waals surface area contributed by atoms with Gasteiger partial charge < -0.3 is 15.1 Å². The maximum Gasteiger partial charge on any atom is 0.307 e. The summed E-state index contributed by atoms with van der Waals surface area (Å²) in [7, 11) is 0. The van der Waals surface area contributed by atoms with Crippen molar-refractivity contribution in [1.82, 2.24) is 9.80 Å². The maximum atomic E-state index is 13.9. The van der Waals surface area contributed by atoms with Crippen LogP contribution in [0.2, 0.25) is 0 Å². The Kier molecular flexibility index (Phi) is 5.22. The third-order valence-electron chi connectivity index (χ3n) is 5.28. The van der Waals surface area contributed by atoms with Gasteiger partial charge in [-0.15, -0.1) is 0 Å². The lowest BCUT2D eigenvalue weighted by Crippen LogP contribution is -2.50. The van der Waals surface area contributed by atoms with Crippen LogP contribution in [0.3, 0.4) is 0 Å². The van der Waals surface area contributed by atoms with Crippen LogP contribution in [0.25, 0.3) is 0 Å². The number of nitrogens with zero attached hydrogens (tertiary/aromatic N) is 2. The van der Waals surface area contributed by atoms with Crippen LogP contribution in [-0.4, -0.2) is 64.1 Å². The molecular weight excluding hydrogens is 327 g/mol. The largest absolute Gasteiger partial charge is 0.507 e. The van der Waals surface area contributed by atoms with Gasteiger partial charge in [0.15, 0.2) is 0 Å². The first-order chi connectivity index (χ1) is 12.0.